The molecule has 0 bridgehead atoms. The highest BCUT2D eigenvalue weighted by atomic mass is 32.1. The fourth-order valence-electron chi connectivity index (χ4n) is 1.37. The monoisotopic (exact) mass is 249 g/mol. The van der Waals surface area contributed by atoms with E-state index in [2.05, 4.69) is 5.32 Å². The van der Waals surface area contributed by atoms with Gasteiger partial charge in [-0.05, 0) is 23.6 Å². The highest BCUT2D eigenvalue weighted by Gasteiger charge is 2.05. The average molecular weight is 249 g/mol. The Kier molecular flexibility index (Phi) is 4.41. The van der Waals surface area contributed by atoms with Crippen LogP contribution in [0, 0.1) is 0 Å². The SMILES string of the molecule is OC(CNc1ccsc1)COc1ccccc1. The van der Waals surface area contributed by atoms with E-state index in [1.165, 1.54) is 0 Å². The van der Waals surface area contributed by atoms with Crippen LogP contribution in [0.2, 0.25) is 0 Å². The predicted molar refractivity (Wildman–Crippen MR) is 70.8 cm³/mol. The van der Waals surface area contributed by atoms with Gasteiger partial charge in [-0.2, -0.15) is 11.3 Å². The first-order chi connectivity index (χ1) is 8.34. The number of aliphatic hydroxyl groups excluding tert-OH is 1. The molecule has 1 unspecified atom stereocenters. The maximum atomic E-state index is 9.73. The minimum atomic E-state index is -0.518. The van der Waals surface area contributed by atoms with Gasteiger partial charge in [0.05, 0.1) is 0 Å². The molecule has 2 N–H and O–H groups in total. The van der Waals surface area contributed by atoms with E-state index in [1.807, 2.05) is 47.2 Å². The first-order valence-corrected chi connectivity index (χ1v) is 6.41. The Morgan fingerprint density at radius 3 is 2.76 bits per heavy atom. The Labute approximate surface area is 105 Å². The van der Waals surface area contributed by atoms with Crippen LogP contribution in [0.15, 0.2) is 47.2 Å². The molecule has 90 valence electrons. The molecule has 0 aliphatic rings. The van der Waals surface area contributed by atoms with E-state index in [9.17, 15) is 5.11 Å². The lowest BCUT2D eigenvalue weighted by atomic mass is 10.3. The van der Waals surface area contributed by atoms with E-state index in [1.54, 1.807) is 11.3 Å². The van der Waals surface area contributed by atoms with Crippen molar-refractivity contribution in [3.8, 4) is 5.75 Å². The molecule has 1 heterocycles. The number of thiophene rings is 1. The van der Waals surface area contributed by atoms with E-state index < -0.39 is 6.10 Å². The molecule has 2 rings (SSSR count). The molecule has 0 aliphatic carbocycles. The van der Waals surface area contributed by atoms with Crippen LogP contribution in [0.25, 0.3) is 0 Å². The van der Waals surface area contributed by atoms with E-state index in [-0.39, 0.29) is 0 Å². The van der Waals surface area contributed by atoms with Gasteiger partial charge in [-0.25, -0.2) is 0 Å². The van der Waals surface area contributed by atoms with Crippen LogP contribution in [0.4, 0.5) is 5.69 Å². The molecule has 17 heavy (non-hydrogen) atoms. The number of para-hydroxylation sites is 1. The van der Waals surface area contributed by atoms with Crippen molar-refractivity contribution in [3.05, 3.63) is 47.2 Å². The molecular formula is C13H15NO2S. The number of nitrogens with one attached hydrogen (secondary N) is 1. The van der Waals surface area contributed by atoms with Crippen LogP contribution >= 0.6 is 11.3 Å². The van der Waals surface area contributed by atoms with Gasteiger partial charge in [0.25, 0.3) is 0 Å². The summed E-state index contributed by atoms with van der Waals surface area (Å²) in [6, 6.07) is 11.5. The Bertz CT molecular complexity index is 416. The molecule has 0 saturated heterocycles. The number of anilines is 1. The van der Waals surface area contributed by atoms with Crippen molar-refractivity contribution in [2.75, 3.05) is 18.5 Å². The third-order valence-corrected chi connectivity index (χ3v) is 2.93. The molecule has 0 aliphatic heterocycles. The van der Waals surface area contributed by atoms with Crippen molar-refractivity contribution in [2.24, 2.45) is 0 Å². The van der Waals surface area contributed by atoms with Crippen molar-refractivity contribution in [1.29, 1.82) is 0 Å². The summed E-state index contributed by atoms with van der Waals surface area (Å²) in [6.07, 6.45) is -0.518. The van der Waals surface area contributed by atoms with E-state index in [0.717, 1.165) is 11.4 Å². The first-order valence-electron chi connectivity index (χ1n) is 5.46. The molecular weight excluding hydrogens is 234 g/mol. The predicted octanol–water partition coefficient (Wildman–Crippen LogP) is 2.60. The Morgan fingerprint density at radius 2 is 2.06 bits per heavy atom. The quantitative estimate of drug-likeness (QED) is 0.827. The maximum absolute atomic E-state index is 9.73. The van der Waals surface area contributed by atoms with Gasteiger partial charge in [0.2, 0.25) is 0 Å². The Hall–Kier alpha value is -1.52. The fraction of sp³-hybridized carbons (Fsp3) is 0.231. The number of benzene rings is 1. The second-order valence-electron chi connectivity index (χ2n) is 3.67. The molecule has 0 saturated carbocycles. The van der Waals surface area contributed by atoms with Gasteiger partial charge in [0.1, 0.15) is 18.5 Å². The molecule has 0 fully saturated rings. The summed E-state index contributed by atoms with van der Waals surface area (Å²) >= 11 is 1.63. The molecule has 2 aromatic rings. The summed E-state index contributed by atoms with van der Waals surface area (Å²) in [5, 5.41) is 16.9. The number of rotatable bonds is 6. The zero-order valence-electron chi connectivity index (χ0n) is 9.37. The zero-order chi connectivity index (χ0) is 11.9. The summed E-state index contributed by atoms with van der Waals surface area (Å²) in [4.78, 5) is 0. The van der Waals surface area contributed by atoms with Crippen molar-refractivity contribution < 1.29 is 9.84 Å². The third-order valence-electron chi connectivity index (χ3n) is 2.25. The minimum absolute atomic E-state index is 0.293. The molecule has 1 aromatic heterocycles. The summed E-state index contributed by atoms with van der Waals surface area (Å²) in [7, 11) is 0. The van der Waals surface area contributed by atoms with E-state index in [0.29, 0.717) is 13.2 Å². The number of ether oxygens (including phenoxy) is 1. The largest absolute Gasteiger partial charge is 0.491 e. The van der Waals surface area contributed by atoms with Gasteiger partial charge < -0.3 is 15.2 Å². The normalized spacial score (nSPS) is 12.1. The molecule has 4 heteroatoms. The second-order valence-corrected chi connectivity index (χ2v) is 4.45. The van der Waals surface area contributed by atoms with Gasteiger partial charge in [0, 0.05) is 17.6 Å². The van der Waals surface area contributed by atoms with Gasteiger partial charge in [-0.3, -0.25) is 0 Å². The highest BCUT2D eigenvalue weighted by molar-refractivity contribution is 7.08. The minimum Gasteiger partial charge on any atom is -0.491 e. The van der Waals surface area contributed by atoms with Crippen LogP contribution < -0.4 is 10.1 Å². The van der Waals surface area contributed by atoms with Crippen LogP contribution in [0.5, 0.6) is 5.75 Å². The lowest BCUT2D eigenvalue weighted by molar-refractivity contribution is 0.117. The van der Waals surface area contributed by atoms with Crippen LogP contribution in [-0.4, -0.2) is 24.4 Å². The van der Waals surface area contributed by atoms with Gasteiger partial charge in [-0.15, -0.1) is 0 Å². The number of hydrogen-bond acceptors (Lipinski definition) is 4. The number of aliphatic hydroxyl groups is 1. The van der Waals surface area contributed by atoms with Crippen LogP contribution in [0.1, 0.15) is 0 Å². The Balaban J connectivity index is 1.69. The third kappa shape index (κ3) is 4.09. The summed E-state index contributed by atoms with van der Waals surface area (Å²) in [5.41, 5.74) is 1.04. The zero-order valence-corrected chi connectivity index (χ0v) is 10.2. The summed E-state index contributed by atoms with van der Waals surface area (Å²) in [5.74, 6) is 0.780. The van der Waals surface area contributed by atoms with Crippen LogP contribution in [0.3, 0.4) is 0 Å². The van der Waals surface area contributed by atoms with E-state index in [4.69, 9.17) is 4.74 Å². The number of hydrogen-bond donors (Lipinski definition) is 2. The molecule has 3 nitrogen and oxygen atoms in total. The molecule has 0 radical (unpaired) electrons. The summed E-state index contributed by atoms with van der Waals surface area (Å²) in [6.45, 7) is 0.782. The first kappa shape index (κ1) is 12.0. The van der Waals surface area contributed by atoms with Crippen LogP contribution in [-0.2, 0) is 0 Å². The van der Waals surface area contributed by atoms with Gasteiger partial charge in [-0.1, -0.05) is 18.2 Å². The topological polar surface area (TPSA) is 41.5 Å². The Morgan fingerprint density at radius 1 is 1.24 bits per heavy atom. The highest BCUT2D eigenvalue weighted by Crippen LogP contribution is 2.12. The lowest BCUT2D eigenvalue weighted by Crippen LogP contribution is -2.26. The maximum Gasteiger partial charge on any atom is 0.119 e. The summed E-state index contributed by atoms with van der Waals surface area (Å²) < 4.78 is 5.45. The van der Waals surface area contributed by atoms with Crippen molar-refractivity contribution in [2.45, 2.75) is 6.10 Å². The van der Waals surface area contributed by atoms with E-state index >= 15 is 0 Å². The van der Waals surface area contributed by atoms with Gasteiger partial charge in [0.15, 0.2) is 0 Å². The van der Waals surface area contributed by atoms with Crippen molar-refractivity contribution in [3.63, 3.8) is 0 Å². The van der Waals surface area contributed by atoms with Crippen molar-refractivity contribution in [1.82, 2.24) is 0 Å². The average Bonchev–Trinajstić information content (AvgIpc) is 2.88. The van der Waals surface area contributed by atoms with Gasteiger partial charge >= 0.3 is 0 Å². The smallest absolute Gasteiger partial charge is 0.119 e. The van der Waals surface area contributed by atoms with Crippen molar-refractivity contribution >= 4 is 17.0 Å². The second kappa shape index (κ2) is 6.27. The standard InChI is InChI=1S/C13H15NO2S/c15-12(8-14-11-6-7-17-10-11)9-16-13-4-2-1-3-5-13/h1-7,10,12,14-15H,8-9H2. The molecule has 1 atom stereocenters. The molecule has 1 aromatic carbocycles. The molecule has 0 amide bonds. The fourth-order valence-corrected chi connectivity index (χ4v) is 1.98. The molecule has 0 spiro atoms. The lowest BCUT2D eigenvalue weighted by Gasteiger charge is -2.13.